The Balaban J connectivity index is 1.80. The maximum absolute atomic E-state index is 12.1. The van der Waals surface area contributed by atoms with Gasteiger partial charge in [-0.15, -0.1) is 0 Å². The van der Waals surface area contributed by atoms with Crippen LogP contribution in [0.1, 0.15) is 43.9 Å². The van der Waals surface area contributed by atoms with Crippen molar-refractivity contribution >= 4 is 11.7 Å². The van der Waals surface area contributed by atoms with E-state index in [1.54, 1.807) is 0 Å². The summed E-state index contributed by atoms with van der Waals surface area (Å²) in [5.41, 5.74) is 5.68. The SMILES string of the molecule is C=C1C=CNCC(c2cccc3c2CC(NC(=O)OC(C)(C)C)CC3)=C1. The number of hydrogen-bond donors (Lipinski definition) is 2. The van der Waals surface area contributed by atoms with Crippen molar-refractivity contribution in [3.05, 3.63) is 65.4 Å². The Kier molecular flexibility index (Phi) is 5.21. The van der Waals surface area contributed by atoms with E-state index in [-0.39, 0.29) is 12.1 Å². The number of carbonyl (C=O) groups excluding carboxylic acids is 1. The number of amides is 1. The molecule has 4 nitrogen and oxygen atoms in total. The molecular weight excluding hydrogens is 324 g/mol. The van der Waals surface area contributed by atoms with Gasteiger partial charge < -0.3 is 15.4 Å². The minimum atomic E-state index is -0.480. The van der Waals surface area contributed by atoms with E-state index in [0.717, 1.165) is 31.4 Å². The van der Waals surface area contributed by atoms with Crippen LogP contribution in [0.2, 0.25) is 0 Å². The summed E-state index contributed by atoms with van der Waals surface area (Å²) >= 11 is 0. The average Bonchev–Trinajstić information content (AvgIpc) is 2.77. The lowest BCUT2D eigenvalue weighted by Crippen LogP contribution is -2.42. The number of carbonyl (C=O) groups is 1. The third-order valence-corrected chi connectivity index (χ3v) is 4.62. The number of alkyl carbamates (subject to hydrolysis) is 1. The highest BCUT2D eigenvalue weighted by Gasteiger charge is 2.25. The van der Waals surface area contributed by atoms with Crippen LogP contribution >= 0.6 is 0 Å². The van der Waals surface area contributed by atoms with Crippen LogP contribution in [0.15, 0.2) is 48.7 Å². The van der Waals surface area contributed by atoms with Gasteiger partial charge in [0.15, 0.2) is 0 Å². The van der Waals surface area contributed by atoms with E-state index in [1.165, 1.54) is 22.3 Å². The molecule has 1 aromatic rings. The topological polar surface area (TPSA) is 50.4 Å². The van der Waals surface area contributed by atoms with Crippen LogP contribution in [0, 0.1) is 0 Å². The van der Waals surface area contributed by atoms with Gasteiger partial charge in [-0.05, 0) is 86.2 Å². The fourth-order valence-electron chi connectivity index (χ4n) is 3.52. The Bertz CT molecular complexity index is 769. The minimum absolute atomic E-state index is 0.0964. The van der Waals surface area contributed by atoms with Crippen molar-refractivity contribution in [3.63, 3.8) is 0 Å². The van der Waals surface area contributed by atoms with E-state index in [0.29, 0.717) is 0 Å². The first kappa shape index (κ1) is 18.3. The summed E-state index contributed by atoms with van der Waals surface area (Å²) < 4.78 is 5.41. The number of aryl methyl sites for hydroxylation is 1. The molecule has 1 aliphatic heterocycles. The second-order valence-corrected chi connectivity index (χ2v) is 7.99. The molecular formula is C22H28N2O2. The lowest BCUT2D eigenvalue weighted by molar-refractivity contribution is 0.0500. The molecule has 1 aromatic carbocycles. The van der Waals surface area contributed by atoms with Crippen molar-refractivity contribution in [2.75, 3.05) is 6.54 Å². The first-order chi connectivity index (χ1) is 12.3. The second-order valence-electron chi connectivity index (χ2n) is 7.99. The van der Waals surface area contributed by atoms with Gasteiger partial charge in [-0.1, -0.05) is 24.8 Å². The molecule has 1 amide bonds. The molecule has 4 heteroatoms. The molecule has 0 fully saturated rings. The lowest BCUT2D eigenvalue weighted by atomic mass is 9.83. The van der Waals surface area contributed by atoms with Crippen LogP contribution in [0.5, 0.6) is 0 Å². The van der Waals surface area contributed by atoms with Gasteiger partial charge in [-0.3, -0.25) is 0 Å². The Morgan fingerprint density at radius 2 is 2.15 bits per heavy atom. The van der Waals surface area contributed by atoms with Crippen LogP contribution in [-0.4, -0.2) is 24.3 Å². The molecule has 1 aliphatic carbocycles. The number of allylic oxidation sites excluding steroid dienone is 3. The average molecular weight is 352 g/mol. The number of fused-ring (bicyclic) bond motifs is 1. The van der Waals surface area contributed by atoms with Crippen molar-refractivity contribution < 1.29 is 9.53 Å². The molecule has 2 aliphatic rings. The largest absolute Gasteiger partial charge is 0.444 e. The summed E-state index contributed by atoms with van der Waals surface area (Å²) in [7, 11) is 0. The normalized spacial score (nSPS) is 19.7. The van der Waals surface area contributed by atoms with Crippen molar-refractivity contribution in [3.8, 4) is 0 Å². The predicted octanol–water partition coefficient (Wildman–Crippen LogP) is 4.13. The summed E-state index contributed by atoms with van der Waals surface area (Å²) in [6.07, 6.45) is 8.43. The van der Waals surface area contributed by atoms with Gasteiger partial charge in [-0.25, -0.2) is 4.79 Å². The van der Waals surface area contributed by atoms with Crippen LogP contribution < -0.4 is 10.6 Å². The Hall–Kier alpha value is -2.49. The van der Waals surface area contributed by atoms with E-state index in [1.807, 2.05) is 33.0 Å². The number of ether oxygens (including phenoxy) is 1. The monoisotopic (exact) mass is 352 g/mol. The molecule has 0 saturated heterocycles. The lowest BCUT2D eigenvalue weighted by Gasteiger charge is -2.29. The molecule has 1 atom stereocenters. The van der Waals surface area contributed by atoms with Crippen molar-refractivity contribution in [1.82, 2.24) is 10.6 Å². The second kappa shape index (κ2) is 7.40. The van der Waals surface area contributed by atoms with Crippen LogP contribution in [0.4, 0.5) is 4.79 Å². The molecule has 1 heterocycles. The van der Waals surface area contributed by atoms with Gasteiger partial charge in [0.1, 0.15) is 5.60 Å². The highest BCUT2D eigenvalue weighted by Crippen LogP contribution is 2.30. The zero-order valence-electron chi connectivity index (χ0n) is 15.9. The Morgan fingerprint density at radius 1 is 1.35 bits per heavy atom. The number of nitrogens with one attached hydrogen (secondary N) is 2. The van der Waals surface area contributed by atoms with Crippen molar-refractivity contribution in [2.45, 2.75) is 51.7 Å². The first-order valence-corrected chi connectivity index (χ1v) is 9.22. The zero-order valence-corrected chi connectivity index (χ0v) is 15.9. The fourth-order valence-corrected chi connectivity index (χ4v) is 3.52. The third-order valence-electron chi connectivity index (χ3n) is 4.62. The Labute approximate surface area is 156 Å². The summed E-state index contributed by atoms with van der Waals surface area (Å²) in [4.78, 5) is 12.1. The molecule has 26 heavy (non-hydrogen) atoms. The summed E-state index contributed by atoms with van der Waals surface area (Å²) in [5, 5.41) is 6.34. The van der Waals surface area contributed by atoms with E-state index in [9.17, 15) is 4.79 Å². The number of rotatable bonds is 2. The van der Waals surface area contributed by atoms with E-state index >= 15 is 0 Å². The fraction of sp³-hybridized carbons (Fsp3) is 0.409. The minimum Gasteiger partial charge on any atom is -0.444 e. The quantitative estimate of drug-likeness (QED) is 0.842. The Morgan fingerprint density at radius 3 is 2.92 bits per heavy atom. The molecule has 1 unspecified atom stereocenters. The summed E-state index contributed by atoms with van der Waals surface area (Å²) in [6.45, 7) is 10.5. The van der Waals surface area contributed by atoms with Gasteiger partial charge in [0, 0.05) is 12.6 Å². The zero-order chi connectivity index (χ0) is 18.7. The summed E-state index contributed by atoms with van der Waals surface area (Å²) in [6, 6.07) is 6.58. The third kappa shape index (κ3) is 4.57. The standard InChI is InChI=1S/C22H28N2O2/c1-15-10-11-23-14-17(12-15)19-7-5-6-16-8-9-18(13-20(16)19)24-21(25)26-22(2,3)4/h5-7,10-12,18,23H,1,8-9,13-14H2,2-4H3,(H,24,25). The van der Waals surface area contributed by atoms with Gasteiger partial charge >= 0.3 is 6.09 Å². The molecule has 0 saturated carbocycles. The summed E-state index contributed by atoms with van der Waals surface area (Å²) in [5.74, 6) is 0. The van der Waals surface area contributed by atoms with Crippen LogP contribution in [0.3, 0.4) is 0 Å². The maximum atomic E-state index is 12.1. The van der Waals surface area contributed by atoms with Gasteiger partial charge in [0.2, 0.25) is 0 Å². The molecule has 0 aromatic heterocycles. The van der Waals surface area contributed by atoms with Gasteiger partial charge in [0.25, 0.3) is 0 Å². The molecule has 0 spiro atoms. The number of benzene rings is 1. The molecule has 2 N–H and O–H groups in total. The van der Waals surface area contributed by atoms with Crippen molar-refractivity contribution in [1.29, 1.82) is 0 Å². The van der Waals surface area contributed by atoms with Gasteiger partial charge in [-0.2, -0.15) is 0 Å². The highest BCUT2D eigenvalue weighted by atomic mass is 16.6. The molecule has 3 rings (SSSR count). The smallest absolute Gasteiger partial charge is 0.407 e. The van der Waals surface area contributed by atoms with Crippen LogP contribution in [-0.2, 0) is 17.6 Å². The molecule has 0 bridgehead atoms. The number of hydrogen-bond acceptors (Lipinski definition) is 3. The maximum Gasteiger partial charge on any atom is 0.407 e. The first-order valence-electron chi connectivity index (χ1n) is 9.22. The highest BCUT2D eigenvalue weighted by molar-refractivity contribution is 5.74. The molecule has 138 valence electrons. The van der Waals surface area contributed by atoms with E-state index in [4.69, 9.17) is 4.74 Å². The van der Waals surface area contributed by atoms with Gasteiger partial charge in [0.05, 0.1) is 0 Å². The predicted molar refractivity (Wildman–Crippen MR) is 106 cm³/mol. The molecule has 0 radical (unpaired) electrons. The van der Waals surface area contributed by atoms with E-state index in [2.05, 4.69) is 41.5 Å². The van der Waals surface area contributed by atoms with Crippen molar-refractivity contribution in [2.24, 2.45) is 0 Å². The van der Waals surface area contributed by atoms with Crippen LogP contribution in [0.25, 0.3) is 5.57 Å². The van der Waals surface area contributed by atoms with E-state index < -0.39 is 5.60 Å².